The summed E-state index contributed by atoms with van der Waals surface area (Å²) in [6, 6.07) is 7.53. The number of anilines is 1. The number of rotatable bonds is 5. The lowest BCUT2D eigenvalue weighted by Gasteiger charge is -2.21. The van der Waals surface area contributed by atoms with Crippen LogP contribution in [0, 0.1) is 0 Å². The van der Waals surface area contributed by atoms with E-state index in [1.165, 1.54) is 10.9 Å². The lowest BCUT2D eigenvalue weighted by Crippen LogP contribution is -2.33. The Labute approximate surface area is 122 Å². The highest BCUT2D eigenvalue weighted by Gasteiger charge is 2.14. The maximum Gasteiger partial charge on any atom is 0.244 e. The molecule has 2 N–H and O–H groups in total. The molecule has 0 aliphatic carbocycles. The van der Waals surface area contributed by atoms with Crippen molar-refractivity contribution in [1.82, 2.24) is 14.7 Å². The van der Waals surface area contributed by atoms with Crippen LogP contribution < -0.4 is 5.73 Å². The van der Waals surface area contributed by atoms with Gasteiger partial charge in [0.15, 0.2) is 0 Å². The third-order valence-corrected chi connectivity index (χ3v) is 3.37. The van der Waals surface area contributed by atoms with E-state index >= 15 is 0 Å². The van der Waals surface area contributed by atoms with E-state index in [1.807, 2.05) is 31.2 Å². The third kappa shape index (κ3) is 3.51. The lowest BCUT2D eigenvalue weighted by atomic mass is 10.2. The first kappa shape index (κ1) is 14.4. The van der Waals surface area contributed by atoms with E-state index < -0.39 is 0 Å². The molecule has 2 rings (SSSR count). The number of carbonyl (C=O) groups is 1. The number of likely N-dealkylation sites (N-methyl/N-ethyl adjacent to an activating group) is 1. The van der Waals surface area contributed by atoms with Crippen molar-refractivity contribution in [2.24, 2.45) is 0 Å². The highest BCUT2D eigenvalue weighted by atomic mass is 35.5. The number of nitrogen functional groups attached to an aromatic ring is 1. The van der Waals surface area contributed by atoms with Gasteiger partial charge in [0.2, 0.25) is 5.91 Å². The molecule has 0 bridgehead atoms. The Hall–Kier alpha value is -2.01. The number of nitrogens with two attached hydrogens (primary N) is 1. The second-order valence-electron chi connectivity index (χ2n) is 4.47. The molecule has 1 heterocycles. The van der Waals surface area contributed by atoms with E-state index in [-0.39, 0.29) is 12.5 Å². The molecule has 5 nitrogen and oxygen atoms in total. The largest absolute Gasteiger partial charge is 0.396 e. The molecule has 0 radical (unpaired) electrons. The molecule has 0 aliphatic rings. The topological polar surface area (TPSA) is 64.2 Å². The van der Waals surface area contributed by atoms with Gasteiger partial charge in [-0.1, -0.05) is 29.8 Å². The monoisotopic (exact) mass is 292 g/mol. The smallest absolute Gasteiger partial charge is 0.244 e. The maximum absolute atomic E-state index is 12.2. The van der Waals surface area contributed by atoms with Gasteiger partial charge in [-0.3, -0.25) is 9.48 Å². The van der Waals surface area contributed by atoms with Crippen molar-refractivity contribution in [2.45, 2.75) is 20.0 Å². The van der Waals surface area contributed by atoms with Crippen LogP contribution in [0.3, 0.4) is 0 Å². The van der Waals surface area contributed by atoms with Gasteiger partial charge in [0.05, 0.1) is 11.9 Å². The van der Waals surface area contributed by atoms with Crippen molar-refractivity contribution in [2.75, 3.05) is 12.3 Å². The SMILES string of the molecule is CCN(Cc1ccccc1Cl)C(=O)Cn1cc(N)cn1. The molecule has 0 spiro atoms. The summed E-state index contributed by atoms with van der Waals surface area (Å²) in [4.78, 5) is 14.0. The van der Waals surface area contributed by atoms with Gasteiger partial charge < -0.3 is 10.6 Å². The summed E-state index contributed by atoms with van der Waals surface area (Å²) in [5.41, 5.74) is 7.06. The molecule has 1 amide bonds. The van der Waals surface area contributed by atoms with Gasteiger partial charge >= 0.3 is 0 Å². The fourth-order valence-corrected chi connectivity index (χ4v) is 2.11. The number of hydrogen-bond donors (Lipinski definition) is 1. The molecular formula is C14H17ClN4O. The summed E-state index contributed by atoms with van der Waals surface area (Å²) < 4.78 is 1.53. The van der Waals surface area contributed by atoms with Crippen LogP contribution in [0.1, 0.15) is 12.5 Å². The third-order valence-electron chi connectivity index (χ3n) is 3.00. The van der Waals surface area contributed by atoms with Crippen LogP contribution in [0.2, 0.25) is 5.02 Å². The molecule has 6 heteroatoms. The first-order valence-electron chi connectivity index (χ1n) is 6.39. The van der Waals surface area contributed by atoms with Crippen molar-refractivity contribution < 1.29 is 4.79 Å². The summed E-state index contributed by atoms with van der Waals surface area (Å²) in [5.74, 6) is -0.0180. The summed E-state index contributed by atoms with van der Waals surface area (Å²) in [6.07, 6.45) is 3.17. The second-order valence-corrected chi connectivity index (χ2v) is 4.88. The fourth-order valence-electron chi connectivity index (χ4n) is 1.91. The molecule has 0 aliphatic heterocycles. The Morgan fingerprint density at radius 2 is 2.20 bits per heavy atom. The number of nitrogens with zero attached hydrogens (tertiary/aromatic N) is 3. The van der Waals surface area contributed by atoms with Crippen LogP contribution in [0.15, 0.2) is 36.7 Å². The summed E-state index contributed by atoms with van der Waals surface area (Å²) in [6.45, 7) is 3.22. The molecule has 1 aromatic heterocycles. The molecule has 0 atom stereocenters. The number of benzene rings is 1. The van der Waals surface area contributed by atoms with Gasteiger partial charge in [-0.05, 0) is 18.6 Å². The predicted octanol–water partition coefficient (Wildman–Crippen LogP) is 2.17. The minimum Gasteiger partial charge on any atom is -0.396 e. The molecule has 106 valence electrons. The first-order valence-corrected chi connectivity index (χ1v) is 6.77. The zero-order valence-corrected chi connectivity index (χ0v) is 12.0. The van der Waals surface area contributed by atoms with Crippen molar-refractivity contribution in [3.63, 3.8) is 0 Å². The number of amides is 1. The molecular weight excluding hydrogens is 276 g/mol. The van der Waals surface area contributed by atoms with Gasteiger partial charge in [-0.15, -0.1) is 0 Å². The van der Waals surface area contributed by atoms with Crippen LogP contribution in [-0.2, 0) is 17.9 Å². The van der Waals surface area contributed by atoms with E-state index in [9.17, 15) is 4.79 Å². The van der Waals surface area contributed by atoms with Crippen molar-refractivity contribution in [1.29, 1.82) is 0 Å². The molecule has 1 aromatic carbocycles. The van der Waals surface area contributed by atoms with E-state index in [4.69, 9.17) is 17.3 Å². The Bertz CT molecular complexity index is 596. The Morgan fingerprint density at radius 1 is 1.45 bits per heavy atom. The number of carbonyl (C=O) groups excluding carboxylic acids is 1. The average molecular weight is 293 g/mol. The molecule has 2 aromatic rings. The van der Waals surface area contributed by atoms with Crippen LogP contribution in [0.4, 0.5) is 5.69 Å². The summed E-state index contributed by atoms with van der Waals surface area (Å²) in [5, 5.41) is 4.68. The van der Waals surface area contributed by atoms with Gasteiger partial charge in [0.25, 0.3) is 0 Å². The lowest BCUT2D eigenvalue weighted by molar-refractivity contribution is -0.132. The second kappa shape index (κ2) is 6.43. The summed E-state index contributed by atoms with van der Waals surface area (Å²) in [7, 11) is 0. The standard InChI is InChI=1S/C14H17ClN4O/c1-2-18(8-11-5-3-4-6-13(11)15)14(20)10-19-9-12(16)7-17-19/h3-7,9H,2,8,10,16H2,1H3. The molecule has 0 saturated carbocycles. The van der Waals surface area contributed by atoms with Gasteiger partial charge in [-0.25, -0.2) is 0 Å². The van der Waals surface area contributed by atoms with E-state index in [0.29, 0.717) is 23.8 Å². The van der Waals surface area contributed by atoms with Gasteiger partial charge in [0, 0.05) is 24.3 Å². The molecule has 0 unspecified atom stereocenters. The minimum absolute atomic E-state index is 0.0180. The normalized spacial score (nSPS) is 10.5. The van der Waals surface area contributed by atoms with Crippen molar-refractivity contribution >= 4 is 23.2 Å². The molecule has 0 fully saturated rings. The number of aromatic nitrogens is 2. The zero-order valence-electron chi connectivity index (χ0n) is 11.3. The number of hydrogen-bond acceptors (Lipinski definition) is 3. The Kier molecular flexibility index (Phi) is 4.63. The Balaban J connectivity index is 2.04. The molecule has 0 saturated heterocycles. The minimum atomic E-state index is -0.0180. The maximum atomic E-state index is 12.2. The van der Waals surface area contributed by atoms with Crippen LogP contribution in [-0.4, -0.2) is 27.1 Å². The summed E-state index contributed by atoms with van der Waals surface area (Å²) >= 11 is 6.12. The quantitative estimate of drug-likeness (QED) is 0.918. The van der Waals surface area contributed by atoms with E-state index in [0.717, 1.165) is 5.56 Å². The fraction of sp³-hybridized carbons (Fsp3) is 0.286. The number of halogens is 1. The van der Waals surface area contributed by atoms with Crippen LogP contribution >= 0.6 is 11.6 Å². The van der Waals surface area contributed by atoms with Gasteiger partial charge in [-0.2, -0.15) is 5.10 Å². The predicted molar refractivity (Wildman–Crippen MR) is 79.2 cm³/mol. The Morgan fingerprint density at radius 3 is 2.80 bits per heavy atom. The first-order chi connectivity index (χ1) is 9.60. The van der Waals surface area contributed by atoms with E-state index in [1.54, 1.807) is 11.1 Å². The van der Waals surface area contributed by atoms with Crippen LogP contribution in [0.5, 0.6) is 0 Å². The van der Waals surface area contributed by atoms with Crippen molar-refractivity contribution in [3.8, 4) is 0 Å². The van der Waals surface area contributed by atoms with E-state index in [2.05, 4.69) is 5.10 Å². The van der Waals surface area contributed by atoms with Crippen LogP contribution in [0.25, 0.3) is 0 Å². The van der Waals surface area contributed by atoms with Crippen molar-refractivity contribution in [3.05, 3.63) is 47.2 Å². The van der Waals surface area contributed by atoms with Gasteiger partial charge in [0.1, 0.15) is 6.54 Å². The highest BCUT2D eigenvalue weighted by Crippen LogP contribution is 2.17. The highest BCUT2D eigenvalue weighted by molar-refractivity contribution is 6.31. The average Bonchev–Trinajstić information content (AvgIpc) is 2.83. The zero-order chi connectivity index (χ0) is 14.5. The molecule has 20 heavy (non-hydrogen) atoms.